The van der Waals surface area contributed by atoms with Gasteiger partial charge in [-0.1, -0.05) is 54.8 Å². The molecule has 0 bridgehead atoms. The number of benzene rings is 1. The van der Waals surface area contributed by atoms with Crippen LogP contribution in [-0.2, 0) is 16.0 Å². The quantitative estimate of drug-likeness (QED) is 0.287. The molecule has 3 N–H and O–H groups in total. The molecule has 1 fully saturated rings. The summed E-state index contributed by atoms with van der Waals surface area (Å²) in [4.78, 5) is 50.5. The Labute approximate surface area is 234 Å². The van der Waals surface area contributed by atoms with Gasteiger partial charge in [0.2, 0.25) is 0 Å². The molecule has 1 aromatic heterocycles. The van der Waals surface area contributed by atoms with Gasteiger partial charge in [-0.2, -0.15) is 0 Å². The van der Waals surface area contributed by atoms with Crippen LogP contribution in [0.15, 0.2) is 35.5 Å². The number of piperazine rings is 1. The highest BCUT2D eigenvalue weighted by Crippen LogP contribution is 2.31. The average Bonchev–Trinajstić information content (AvgIpc) is 3.28. The normalized spacial score (nSPS) is 18.6. The molecule has 2 amide bonds. The predicted octanol–water partition coefficient (Wildman–Crippen LogP) is 3.39. The number of amides is 2. The second kappa shape index (κ2) is 13.2. The van der Waals surface area contributed by atoms with Crippen LogP contribution in [0.25, 0.3) is 0 Å². The molecule has 0 saturated carbocycles. The van der Waals surface area contributed by atoms with Crippen molar-refractivity contribution in [2.45, 2.75) is 46.1 Å². The van der Waals surface area contributed by atoms with Crippen molar-refractivity contribution in [1.29, 1.82) is 0 Å². The van der Waals surface area contributed by atoms with E-state index in [1.807, 2.05) is 31.2 Å². The summed E-state index contributed by atoms with van der Waals surface area (Å²) in [6, 6.07) is 6.40. The van der Waals surface area contributed by atoms with Gasteiger partial charge in [-0.3, -0.25) is 14.6 Å². The molecule has 1 aromatic carbocycles. The second-order valence-corrected chi connectivity index (χ2v) is 10.3. The number of nitrogens with one attached hydrogen (secondary N) is 3. The smallest absolute Gasteiger partial charge is 0.338 e. The summed E-state index contributed by atoms with van der Waals surface area (Å²) in [6.45, 7) is 9.49. The number of hydrogen-bond acceptors (Lipinski definition) is 7. The number of nitrogens with zero attached hydrogens (tertiary/aromatic N) is 3. The van der Waals surface area contributed by atoms with Crippen LogP contribution in [0.2, 0.25) is 5.15 Å². The Morgan fingerprint density at radius 2 is 1.79 bits per heavy atom. The van der Waals surface area contributed by atoms with Crippen molar-refractivity contribution in [3.8, 4) is 0 Å². The Balaban J connectivity index is 1.48. The topological polar surface area (TPSA) is 120 Å². The van der Waals surface area contributed by atoms with E-state index in [1.165, 1.54) is 0 Å². The van der Waals surface area contributed by atoms with Crippen molar-refractivity contribution < 1.29 is 19.1 Å². The van der Waals surface area contributed by atoms with E-state index >= 15 is 0 Å². The first-order chi connectivity index (χ1) is 18.8. The van der Waals surface area contributed by atoms with Crippen LogP contribution in [0.4, 0.5) is 4.79 Å². The Kier molecular flexibility index (Phi) is 9.77. The first-order valence-corrected chi connectivity index (χ1v) is 13.9. The maximum absolute atomic E-state index is 13.1. The molecule has 0 aliphatic carbocycles. The van der Waals surface area contributed by atoms with Crippen molar-refractivity contribution >= 4 is 29.4 Å². The molecule has 1 saturated heterocycles. The molecule has 2 aromatic rings. The molecule has 3 heterocycles. The molecule has 11 heteroatoms. The van der Waals surface area contributed by atoms with Gasteiger partial charge in [0.15, 0.2) is 10.9 Å². The van der Waals surface area contributed by atoms with E-state index in [9.17, 15) is 14.4 Å². The van der Waals surface area contributed by atoms with Gasteiger partial charge in [-0.15, -0.1) is 0 Å². The highest BCUT2D eigenvalue weighted by atomic mass is 35.5. The zero-order valence-corrected chi connectivity index (χ0v) is 23.6. The molecule has 2 aliphatic heterocycles. The third kappa shape index (κ3) is 7.26. The fraction of sp³-hybridized carbons (Fsp3) is 0.500. The molecule has 0 radical (unpaired) electrons. The summed E-state index contributed by atoms with van der Waals surface area (Å²) < 4.78 is 5.38. The number of Topliss-reactive ketones (excluding diaryl/α,β-unsaturated/α-hetero) is 1. The first kappa shape index (κ1) is 28.8. The summed E-state index contributed by atoms with van der Waals surface area (Å²) in [5, 5.41) is 5.87. The molecule has 0 spiro atoms. The number of aromatic nitrogens is 2. The van der Waals surface area contributed by atoms with Crippen LogP contribution in [0.5, 0.6) is 0 Å². The first-order valence-electron chi connectivity index (χ1n) is 13.6. The second-order valence-electron chi connectivity index (χ2n) is 9.98. The maximum atomic E-state index is 13.1. The number of carbonyl (C=O) groups is 3. The van der Waals surface area contributed by atoms with Gasteiger partial charge in [-0.25, -0.2) is 14.6 Å². The van der Waals surface area contributed by atoms with Crippen LogP contribution in [0, 0.1) is 6.92 Å². The zero-order chi connectivity index (χ0) is 27.9. The number of H-pyrrole nitrogens is 1. The standard InChI is InChI=1S/C28H37ClN6O4/c1-4-6-7-22-31-25(26(29)32-22)24-23(27(37)39-5-2)20(30-28(38)33-24)16-34-12-14-35(15-13-34)17-21(36)19-10-8-18(3)9-11-19/h8-11,24H,4-7,12-17H2,1-3H3,(H,31,32)(H2,30,33,38). The van der Waals surface area contributed by atoms with Gasteiger partial charge in [0.25, 0.3) is 0 Å². The molecular formula is C28H37ClN6O4. The lowest BCUT2D eigenvalue weighted by atomic mass is 9.99. The van der Waals surface area contributed by atoms with Crippen LogP contribution >= 0.6 is 11.6 Å². The van der Waals surface area contributed by atoms with Crippen LogP contribution < -0.4 is 10.6 Å². The molecule has 39 heavy (non-hydrogen) atoms. The van der Waals surface area contributed by atoms with E-state index in [-0.39, 0.29) is 17.5 Å². The van der Waals surface area contributed by atoms with E-state index < -0.39 is 18.0 Å². The van der Waals surface area contributed by atoms with Gasteiger partial charge in [0.1, 0.15) is 11.9 Å². The van der Waals surface area contributed by atoms with Gasteiger partial charge in [-0.05, 0) is 20.3 Å². The minimum atomic E-state index is -0.809. The Morgan fingerprint density at radius 1 is 1.10 bits per heavy atom. The number of aromatic amines is 1. The third-order valence-corrected chi connectivity index (χ3v) is 7.31. The van der Waals surface area contributed by atoms with Gasteiger partial charge in [0.05, 0.1) is 24.4 Å². The zero-order valence-electron chi connectivity index (χ0n) is 22.8. The highest BCUT2D eigenvalue weighted by molar-refractivity contribution is 6.30. The Hall–Kier alpha value is -3.21. The fourth-order valence-electron chi connectivity index (χ4n) is 4.84. The minimum Gasteiger partial charge on any atom is -0.463 e. The van der Waals surface area contributed by atoms with Crippen molar-refractivity contribution in [2.24, 2.45) is 0 Å². The summed E-state index contributed by atoms with van der Waals surface area (Å²) in [5.74, 6) is 0.290. The number of urea groups is 1. The number of imidazole rings is 1. The van der Waals surface area contributed by atoms with Gasteiger partial charge < -0.3 is 20.4 Å². The highest BCUT2D eigenvalue weighted by Gasteiger charge is 2.37. The van der Waals surface area contributed by atoms with Crippen molar-refractivity contribution in [2.75, 3.05) is 45.9 Å². The largest absolute Gasteiger partial charge is 0.463 e. The number of rotatable bonds is 11. The molecule has 1 atom stereocenters. The van der Waals surface area contributed by atoms with Crippen LogP contribution in [0.3, 0.4) is 0 Å². The Bertz CT molecular complexity index is 1220. The van der Waals surface area contributed by atoms with Crippen molar-refractivity contribution in [1.82, 2.24) is 30.4 Å². The molecular weight excluding hydrogens is 520 g/mol. The summed E-state index contributed by atoms with van der Waals surface area (Å²) in [5.41, 5.74) is 3.09. The molecule has 1 unspecified atom stereocenters. The number of ether oxygens (including phenoxy) is 1. The van der Waals surface area contributed by atoms with E-state index in [1.54, 1.807) is 6.92 Å². The molecule has 4 rings (SSSR count). The van der Waals surface area contributed by atoms with Crippen molar-refractivity contribution in [3.05, 3.63) is 63.3 Å². The fourth-order valence-corrected chi connectivity index (χ4v) is 5.10. The van der Waals surface area contributed by atoms with Crippen LogP contribution in [0.1, 0.15) is 60.2 Å². The number of halogens is 1. The van der Waals surface area contributed by atoms with Crippen molar-refractivity contribution in [3.63, 3.8) is 0 Å². The Morgan fingerprint density at radius 3 is 2.46 bits per heavy atom. The van der Waals surface area contributed by atoms with E-state index in [2.05, 4.69) is 37.3 Å². The molecule has 2 aliphatic rings. The molecule has 210 valence electrons. The lowest BCUT2D eigenvalue weighted by Gasteiger charge is -2.36. The summed E-state index contributed by atoms with van der Waals surface area (Å²) >= 11 is 6.47. The lowest BCUT2D eigenvalue weighted by Crippen LogP contribution is -2.52. The summed E-state index contributed by atoms with van der Waals surface area (Å²) in [7, 11) is 0. The number of carbonyl (C=O) groups excluding carboxylic acids is 3. The van der Waals surface area contributed by atoms with Gasteiger partial charge in [0, 0.05) is 50.4 Å². The third-order valence-electron chi connectivity index (χ3n) is 7.03. The monoisotopic (exact) mass is 556 g/mol. The lowest BCUT2D eigenvalue weighted by molar-refractivity contribution is -0.139. The predicted molar refractivity (Wildman–Crippen MR) is 149 cm³/mol. The number of aryl methyl sites for hydroxylation is 2. The number of hydrogen-bond donors (Lipinski definition) is 3. The number of esters is 1. The van der Waals surface area contributed by atoms with E-state index in [4.69, 9.17) is 16.3 Å². The van der Waals surface area contributed by atoms with Crippen LogP contribution in [-0.4, -0.2) is 83.4 Å². The average molecular weight is 557 g/mol. The SMILES string of the molecule is CCCCc1nc(Cl)c(C2NC(=O)NC(CN3CCN(CC(=O)c4ccc(C)cc4)CC3)=C2C(=O)OCC)[nH]1. The number of ketones is 1. The molecule has 10 nitrogen and oxygen atoms in total. The number of unbranched alkanes of at least 4 members (excludes halogenated alkanes) is 1. The van der Waals surface area contributed by atoms with E-state index in [0.717, 1.165) is 24.8 Å². The summed E-state index contributed by atoms with van der Waals surface area (Å²) in [6.07, 6.45) is 2.66. The van der Waals surface area contributed by atoms with Gasteiger partial charge >= 0.3 is 12.0 Å². The van der Waals surface area contributed by atoms with E-state index in [0.29, 0.717) is 67.6 Å². The minimum absolute atomic E-state index is 0.0963. The maximum Gasteiger partial charge on any atom is 0.338 e.